The number of methoxy groups -OCH3 is 1. The lowest BCUT2D eigenvalue weighted by Crippen LogP contribution is -2.30. The summed E-state index contributed by atoms with van der Waals surface area (Å²) in [6.07, 6.45) is 0. The van der Waals surface area contributed by atoms with Crippen molar-refractivity contribution in [2.75, 3.05) is 26.0 Å². The Bertz CT molecular complexity index is 505. The molecule has 1 atom stereocenters. The van der Waals surface area contributed by atoms with Crippen molar-refractivity contribution in [1.82, 2.24) is 4.72 Å². The molecule has 5 nitrogen and oxygen atoms in total. The number of halogens is 1. The number of benzene rings is 1. The van der Waals surface area contributed by atoms with Gasteiger partial charge in [0.1, 0.15) is 10.7 Å². The molecule has 7 heteroatoms. The van der Waals surface area contributed by atoms with Crippen molar-refractivity contribution in [2.24, 2.45) is 5.92 Å². The van der Waals surface area contributed by atoms with Gasteiger partial charge in [0.15, 0.2) is 0 Å². The molecule has 0 fully saturated rings. The van der Waals surface area contributed by atoms with Gasteiger partial charge in [-0.1, -0.05) is 6.92 Å². The van der Waals surface area contributed by atoms with Crippen molar-refractivity contribution in [3.05, 3.63) is 24.0 Å². The van der Waals surface area contributed by atoms with Gasteiger partial charge in [-0.3, -0.25) is 0 Å². The SMILES string of the molecule is COCC(C)CNS(=O)(=O)c1ccc(F)cc1N. The molecular weight excluding hydrogens is 259 g/mol. The summed E-state index contributed by atoms with van der Waals surface area (Å²) in [5, 5.41) is 0. The number of anilines is 1. The Morgan fingerprint density at radius 1 is 1.50 bits per heavy atom. The molecule has 1 aromatic rings. The molecule has 0 aliphatic rings. The van der Waals surface area contributed by atoms with E-state index in [1.807, 2.05) is 6.92 Å². The van der Waals surface area contributed by atoms with Crippen molar-refractivity contribution >= 4 is 15.7 Å². The van der Waals surface area contributed by atoms with Crippen LogP contribution in [0.25, 0.3) is 0 Å². The van der Waals surface area contributed by atoms with Crippen LogP contribution < -0.4 is 10.5 Å². The number of nitrogen functional groups attached to an aromatic ring is 1. The van der Waals surface area contributed by atoms with E-state index in [1.165, 1.54) is 0 Å². The Morgan fingerprint density at radius 2 is 2.17 bits per heavy atom. The summed E-state index contributed by atoms with van der Waals surface area (Å²) in [5.41, 5.74) is 5.38. The molecule has 1 rings (SSSR count). The Balaban J connectivity index is 2.80. The molecular formula is C11H17FN2O3S. The molecule has 0 saturated heterocycles. The Morgan fingerprint density at radius 3 is 2.72 bits per heavy atom. The predicted octanol–water partition coefficient (Wildman–Crippen LogP) is 0.969. The Labute approximate surface area is 106 Å². The van der Waals surface area contributed by atoms with Gasteiger partial charge < -0.3 is 10.5 Å². The lowest BCUT2D eigenvalue weighted by Gasteiger charge is -2.13. The van der Waals surface area contributed by atoms with E-state index in [2.05, 4.69) is 4.72 Å². The molecule has 1 aromatic carbocycles. The highest BCUT2D eigenvalue weighted by molar-refractivity contribution is 7.89. The molecule has 0 radical (unpaired) electrons. The van der Waals surface area contributed by atoms with Gasteiger partial charge in [0.2, 0.25) is 10.0 Å². The van der Waals surface area contributed by atoms with Crippen molar-refractivity contribution < 1.29 is 17.5 Å². The first-order valence-electron chi connectivity index (χ1n) is 5.40. The fourth-order valence-electron chi connectivity index (χ4n) is 1.44. The minimum atomic E-state index is -3.72. The van der Waals surface area contributed by atoms with Gasteiger partial charge in [0.25, 0.3) is 0 Å². The van der Waals surface area contributed by atoms with Crippen LogP contribution in [0.1, 0.15) is 6.92 Å². The van der Waals surface area contributed by atoms with E-state index in [0.29, 0.717) is 6.61 Å². The number of ether oxygens (including phenoxy) is 1. The summed E-state index contributed by atoms with van der Waals surface area (Å²) in [4.78, 5) is -0.117. The van der Waals surface area contributed by atoms with E-state index >= 15 is 0 Å². The van der Waals surface area contributed by atoms with Gasteiger partial charge in [-0.05, 0) is 24.1 Å². The molecule has 0 saturated carbocycles. The first-order valence-corrected chi connectivity index (χ1v) is 6.88. The van der Waals surface area contributed by atoms with E-state index in [1.54, 1.807) is 7.11 Å². The third-order valence-corrected chi connectivity index (χ3v) is 3.83. The molecule has 0 spiro atoms. The maximum atomic E-state index is 12.8. The predicted molar refractivity (Wildman–Crippen MR) is 67.0 cm³/mol. The van der Waals surface area contributed by atoms with Crippen LogP contribution in [0.2, 0.25) is 0 Å². The number of hydrogen-bond acceptors (Lipinski definition) is 4. The van der Waals surface area contributed by atoms with Gasteiger partial charge in [0.05, 0.1) is 5.69 Å². The normalized spacial score (nSPS) is 13.5. The smallest absolute Gasteiger partial charge is 0.242 e. The second-order valence-corrected chi connectivity index (χ2v) is 5.83. The summed E-state index contributed by atoms with van der Waals surface area (Å²) in [7, 11) is -2.17. The zero-order valence-corrected chi connectivity index (χ0v) is 11.1. The van der Waals surface area contributed by atoms with E-state index in [9.17, 15) is 12.8 Å². The van der Waals surface area contributed by atoms with Crippen LogP contribution >= 0.6 is 0 Å². The maximum absolute atomic E-state index is 12.8. The first-order chi connectivity index (χ1) is 8.36. The summed E-state index contributed by atoms with van der Waals surface area (Å²) in [5.74, 6) is -0.536. The highest BCUT2D eigenvalue weighted by Gasteiger charge is 2.18. The van der Waals surface area contributed by atoms with E-state index in [0.717, 1.165) is 18.2 Å². The van der Waals surface area contributed by atoms with Crippen LogP contribution in [-0.4, -0.2) is 28.7 Å². The minimum Gasteiger partial charge on any atom is -0.398 e. The summed E-state index contributed by atoms with van der Waals surface area (Å²) >= 11 is 0. The second kappa shape index (κ2) is 6.12. The average Bonchev–Trinajstić information content (AvgIpc) is 2.26. The van der Waals surface area contributed by atoms with Crippen molar-refractivity contribution in [3.63, 3.8) is 0 Å². The lowest BCUT2D eigenvalue weighted by molar-refractivity contribution is 0.161. The molecule has 0 amide bonds. The largest absolute Gasteiger partial charge is 0.398 e. The number of nitrogens with one attached hydrogen (secondary N) is 1. The summed E-state index contributed by atoms with van der Waals surface area (Å²) in [6.45, 7) is 2.52. The first kappa shape index (κ1) is 14.9. The standard InChI is InChI=1S/C11H17FN2O3S/c1-8(7-17-2)6-14-18(15,16)11-4-3-9(12)5-10(11)13/h3-5,8,14H,6-7,13H2,1-2H3. The fourth-order valence-corrected chi connectivity index (χ4v) is 2.71. The van der Waals surface area contributed by atoms with Crippen LogP contribution in [-0.2, 0) is 14.8 Å². The Kier molecular flexibility index (Phi) is 5.06. The van der Waals surface area contributed by atoms with Crippen molar-refractivity contribution in [2.45, 2.75) is 11.8 Å². The van der Waals surface area contributed by atoms with Gasteiger partial charge in [0, 0.05) is 20.3 Å². The molecule has 3 N–H and O–H groups in total. The number of hydrogen-bond donors (Lipinski definition) is 2. The number of nitrogens with two attached hydrogens (primary N) is 1. The molecule has 0 aliphatic carbocycles. The van der Waals surface area contributed by atoms with Crippen LogP contribution in [0.15, 0.2) is 23.1 Å². The van der Waals surface area contributed by atoms with Crippen LogP contribution in [0.3, 0.4) is 0 Å². The van der Waals surface area contributed by atoms with Gasteiger partial charge in [-0.25, -0.2) is 17.5 Å². The zero-order valence-electron chi connectivity index (χ0n) is 10.3. The number of rotatable bonds is 6. The molecule has 0 heterocycles. The topological polar surface area (TPSA) is 81.4 Å². The van der Waals surface area contributed by atoms with Gasteiger partial charge >= 0.3 is 0 Å². The lowest BCUT2D eigenvalue weighted by atomic mass is 10.2. The fraction of sp³-hybridized carbons (Fsp3) is 0.455. The van der Waals surface area contributed by atoms with E-state index in [-0.39, 0.29) is 23.0 Å². The molecule has 0 bridgehead atoms. The number of sulfonamides is 1. The van der Waals surface area contributed by atoms with E-state index in [4.69, 9.17) is 10.5 Å². The Hall–Kier alpha value is -1.18. The van der Waals surface area contributed by atoms with Gasteiger partial charge in [-0.15, -0.1) is 0 Å². The molecule has 102 valence electrons. The molecule has 0 aromatic heterocycles. The monoisotopic (exact) mass is 276 g/mol. The molecule has 0 aliphatic heterocycles. The highest BCUT2D eigenvalue weighted by atomic mass is 32.2. The van der Waals surface area contributed by atoms with Crippen molar-refractivity contribution in [3.8, 4) is 0 Å². The highest BCUT2D eigenvalue weighted by Crippen LogP contribution is 2.18. The summed E-state index contributed by atoms with van der Waals surface area (Å²) < 4.78 is 44.0. The molecule has 18 heavy (non-hydrogen) atoms. The zero-order chi connectivity index (χ0) is 13.8. The summed E-state index contributed by atoms with van der Waals surface area (Å²) in [6, 6.07) is 3.19. The van der Waals surface area contributed by atoms with Gasteiger partial charge in [-0.2, -0.15) is 0 Å². The minimum absolute atomic E-state index is 0.0337. The van der Waals surface area contributed by atoms with Crippen LogP contribution in [0, 0.1) is 11.7 Å². The van der Waals surface area contributed by atoms with Crippen LogP contribution in [0.5, 0.6) is 0 Å². The third kappa shape index (κ3) is 3.94. The average molecular weight is 276 g/mol. The van der Waals surface area contributed by atoms with Crippen LogP contribution in [0.4, 0.5) is 10.1 Å². The maximum Gasteiger partial charge on any atom is 0.242 e. The molecule has 1 unspecified atom stereocenters. The third-order valence-electron chi connectivity index (χ3n) is 2.33. The quantitative estimate of drug-likeness (QED) is 0.759. The van der Waals surface area contributed by atoms with E-state index < -0.39 is 15.8 Å². The van der Waals surface area contributed by atoms with Crippen molar-refractivity contribution in [1.29, 1.82) is 0 Å². The second-order valence-electron chi connectivity index (χ2n) is 4.09.